The van der Waals surface area contributed by atoms with Crippen molar-refractivity contribution in [3.8, 4) is 5.75 Å². The van der Waals surface area contributed by atoms with Crippen LogP contribution in [0.5, 0.6) is 5.75 Å². The minimum Gasteiger partial charge on any atom is -0.489 e. The summed E-state index contributed by atoms with van der Waals surface area (Å²) in [7, 11) is 0. The molecule has 2 aliphatic carbocycles. The van der Waals surface area contributed by atoms with Crippen LogP contribution in [-0.2, 0) is 4.79 Å². The van der Waals surface area contributed by atoms with Gasteiger partial charge in [-0.05, 0) is 31.0 Å². The van der Waals surface area contributed by atoms with Gasteiger partial charge in [0.1, 0.15) is 17.6 Å². The summed E-state index contributed by atoms with van der Waals surface area (Å²) in [6.07, 6.45) is 7.41. The minimum atomic E-state index is -0.196. The maximum Gasteiger partial charge on any atom is 0.146 e. The van der Waals surface area contributed by atoms with E-state index < -0.39 is 0 Å². The van der Waals surface area contributed by atoms with Crippen molar-refractivity contribution in [1.82, 2.24) is 0 Å². The summed E-state index contributed by atoms with van der Waals surface area (Å²) >= 11 is 5.97. The van der Waals surface area contributed by atoms with Gasteiger partial charge in [0, 0.05) is 11.4 Å². The molecule has 0 bridgehead atoms. The molecule has 1 spiro atoms. The number of hydrogen-bond acceptors (Lipinski definition) is 2. The van der Waals surface area contributed by atoms with Gasteiger partial charge >= 0.3 is 0 Å². The highest BCUT2D eigenvalue weighted by molar-refractivity contribution is 6.30. The average molecular weight is 279 g/mol. The van der Waals surface area contributed by atoms with Crippen LogP contribution in [0.1, 0.15) is 44.9 Å². The third-order valence-electron chi connectivity index (χ3n) is 4.61. The lowest BCUT2D eigenvalue weighted by molar-refractivity contribution is -0.154. The van der Waals surface area contributed by atoms with Crippen LogP contribution in [0, 0.1) is 5.41 Å². The molecule has 2 saturated carbocycles. The molecule has 102 valence electrons. The molecule has 19 heavy (non-hydrogen) atoms. The number of carbonyl (C=O) groups excluding carboxylic acids is 1. The van der Waals surface area contributed by atoms with Crippen LogP contribution in [-0.4, -0.2) is 11.9 Å². The first-order valence-corrected chi connectivity index (χ1v) is 7.54. The van der Waals surface area contributed by atoms with E-state index in [1.54, 1.807) is 0 Å². The van der Waals surface area contributed by atoms with E-state index in [4.69, 9.17) is 16.3 Å². The molecule has 0 aliphatic heterocycles. The highest BCUT2D eigenvalue weighted by Crippen LogP contribution is 2.49. The SMILES string of the molecule is O=C1CC(Oc2cccc(Cl)c2)C12CCCCCC2. The van der Waals surface area contributed by atoms with Crippen molar-refractivity contribution in [2.75, 3.05) is 0 Å². The van der Waals surface area contributed by atoms with Gasteiger partial charge in [-0.1, -0.05) is 43.4 Å². The summed E-state index contributed by atoms with van der Waals surface area (Å²) in [6.45, 7) is 0. The maximum atomic E-state index is 12.1. The Balaban J connectivity index is 1.76. The first-order chi connectivity index (χ1) is 9.21. The second kappa shape index (κ2) is 5.16. The van der Waals surface area contributed by atoms with Crippen LogP contribution in [0.25, 0.3) is 0 Å². The van der Waals surface area contributed by atoms with E-state index in [2.05, 4.69) is 0 Å². The highest BCUT2D eigenvalue weighted by Gasteiger charge is 2.55. The molecule has 0 amide bonds. The molecule has 0 N–H and O–H groups in total. The number of carbonyl (C=O) groups is 1. The highest BCUT2D eigenvalue weighted by atomic mass is 35.5. The summed E-state index contributed by atoms with van der Waals surface area (Å²) in [5.74, 6) is 1.19. The van der Waals surface area contributed by atoms with E-state index in [-0.39, 0.29) is 11.5 Å². The van der Waals surface area contributed by atoms with Crippen molar-refractivity contribution in [1.29, 1.82) is 0 Å². The largest absolute Gasteiger partial charge is 0.489 e. The molecule has 1 unspecified atom stereocenters. The van der Waals surface area contributed by atoms with E-state index in [1.807, 2.05) is 24.3 Å². The van der Waals surface area contributed by atoms with Crippen molar-refractivity contribution in [2.45, 2.75) is 51.0 Å². The van der Waals surface area contributed by atoms with Crippen LogP contribution in [0.15, 0.2) is 24.3 Å². The standard InChI is InChI=1S/C16H19ClO2/c17-12-6-5-7-13(10-12)19-15-11-14(18)16(15)8-3-1-2-4-9-16/h5-7,10,15H,1-4,8-9,11H2. The summed E-state index contributed by atoms with van der Waals surface area (Å²) in [5.41, 5.74) is -0.196. The van der Waals surface area contributed by atoms with Crippen molar-refractivity contribution < 1.29 is 9.53 Å². The van der Waals surface area contributed by atoms with Gasteiger partial charge in [-0.25, -0.2) is 0 Å². The number of Topliss-reactive ketones (excluding diaryl/α,β-unsaturated/α-hetero) is 1. The number of rotatable bonds is 2. The van der Waals surface area contributed by atoms with Crippen LogP contribution >= 0.6 is 11.6 Å². The molecule has 3 heteroatoms. The lowest BCUT2D eigenvalue weighted by atomic mass is 9.60. The number of ether oxygens (including phenoxy) is 1. The second-order valence-corrected chi connectivity index (χ2v) is 6.20. The predicted octanol–water partition coefficient (Wildman–Crippen LogP) is 4.40. The molecule has 1 aromatic rings. The summed E-state index contributed by atoms with van der Waals surface area (Å²) in [6, 6.07) is 7.47. The summed E-state index contributed by atoms with van der Waals surface area (Å²) in [4.78, 5) is 12.1. The third-order valence-corrected chi connectivity index (χ3v) is 4.85. The van der Waals surface area contributed by atoms with Gasteiger partial charge in [-0.2, -0.15) is 0 Å². The Hall–Kier alpha value is -1.02. The normalized spacial score (nSPS) is 25.7. The summed E-state index contributed by atoms with van der Waals surface area (Å²) < 4.78 is 6.05. The third kappa shape index (κ3) is 2.38. The Kier molecular flexibility index (Phi) is 3.53. The van der Waals surface area contributed by atoms with Gasteiger partial charge < -0.3 is 4.74 Å². The molecule has 0 radical (unpaired) electrons. The van der Waals surface area contributed by atoms with E-state index in [9.17, 15) is 4.79 Å². The zero-order chi connectivity index (χ0) is 13.3. The van der Waals surface area contributed by atoms with Gasteiger partial charge in [-0.15, -0.1) is 0 Å². The molecule has 2 fully saturated rings. The molecular weight excluding hydrogens is 260 g/mol. The van der Waals surface area contributed by atoms with Crippen molar-refractivity contribution in [3.63, 3.8) is 0 Å². The Morgan fingerprint density at radius 2 is 1.89 bits per heavy atom. The van der Waals surface area contributed by atoms with Gasteiger partial charge in [0.2, 0.25) is 0 Å². The molecule has 1 atom stereocenters. The van der Waals surface area contributed by atoms with Crippen LogP contribution in [0.3, 0.4) is 0 Å². The summed E-state index contributed by atoms with van der Waals surface area (Å²) in [5, 5.41) is 0.679. The van der Waals surface area contributed by atoms with Crippen molar-refractivity contribution in [2.24, 2.45) is 5.41 Å². The fourth-order valence-corrected chi connectivity index (χ4v) is 3.62. The Labute approximate surface area is 119 Å². The first-order valence-electron chi connectivity index (χ1n) is 7.16. The molecule has 0 saturated heterocycles. The fraction of sp³-hybridized carbons (Fsp3) is 0.562. The minimum absolute atomic E-state index is 0.0524. The molecule has 2 nitrogen and oxygen atoms in total. The van der Waals surface area contributed by atoms with E-state index in [0.29, 0.717) is 17.2 Å². The number of benzene rings is 1. The number of hydrogen-bond donors (Lipinski definition) is 0. The monoisotopic (exact) mass is 278 g/mol. The van der Waals surface area contributed by atoms with E-state index in [0.717, 1.165) is 31.4 Å². The first kappa shape index (κ1) is 13.0. The van der Waals surface area contributed by atoms with Gasteiger partial charge in [0.05, 0.1) is 5.41 Å². The molecular formula is C16H19ClO2. The second-order valence-electron chi connectivity index (χ2n) is 5.76. The molecule has 3 rings (SSSR count). The van der Waals surface area contributed by atoms with Crippen LogP contribution in [0.2, 0.25) is 5.02 Å². The van der Waals surface area contributed by atoms with E-state index in [1.165, 1.54) is 12.8 Å². The molecule has 0 heterocycles. The van der Waals surface area contributed by atoms with E-state index >= 15 is 0 Å². The molecule has 0 aromatic heterocycles. The fourth-order valence-electron chi connectivity index (χ4n) is 3.43. The molecule has 2 aliphatic rings. The zero-order valence-electron chi connectivity index (χ0n) is 11.0. The zero-order valence-corrected chi connectivity index (χ0v) is 11.8. The van der Waals surface area contributed by atoms with Crippen molar-refractivity contribution in [3.05, 3.63) is 29.3 Å². The lowest BCUT2D eigenvalue weighted by Crippen LogP contribution is -2.56. The Morgan fingerprint density at radius 1 is 1.16 bits per heavy atom. The Bertz CT molecular complexity index is 475. The topological polar surface area (TPSA) is 26.3 Å². The predicted molar refractivity (Wildman–Crippen MR) is 75.6 cm³/mol. The quantitative estimate of drug-likeness (QED) is 0.801. The number of halogens is 1. The average Bonchev–Trinajstić information content (AvgIpc) is 2.66. The van der Waals surface area contributed by atoms with Crippen LogP contribution in [0.4, 0.5) is 0 Å². The Morgan fingerprint density at radius 3 is 2.53 bits per heavy atom. The number of ketones is 1. The van der Waals surface area contributed by atoms with Gasteiger partial charge in [0.25, 0.3) is 0 Å². The van der Waals surface area contributed by atoms with Gasteiger partial charge in [0.15, 0.2) is 0 Å². The maximum absolute atomic E-state index is 12.1. The van der Waals surface area contributed by atoms with Gasteiger partial charge in [-0.3, -0.25) is 4.79 Å². The van der Waals surface area contributed by atoms with Crippen molar-refractivity contribution >= 4 is 17.4 Å². The van der Waals surface area contributed by atoms with Crippen LogP contribution < -0.4 is 4.74 Å². The lowest BCUT2D eigenvalue weighted by Gasteiger charge is -2.47. The molecule has 1 aromatic carbocycles. The smallest absolute Gasteiger partial charge is 0.146 e.